The predicted octanol–water partition coefficient (Wildman–Crippen LogP) is 11.5. The monoisotopic (exact) mass is 928 g/mol. The number of carbonyl (C=O) groups excluding carboxylic acids is 5. The zero-order valence-corrected chi connectivity index (χ0v) is 41.1. The Balaban J connectivity index is 0.0000205. The van der Waals surface area contributed by atoms with Crippen LogP contribution < -0.4 is 11.5 Å². The number of rotatable bonds is 41. The maximum atomic E-state index is 12.8. The van der Waals surface area contributed by atoms with Crippen LogP contribution in [-0.2, 0) is 47.1 Å². The van der Waals surface area contributed by atoms with Gasteiger partial charge in [-0.2, -0.15) is 0 Å². The van der Waals surface area contributed by atoms with Crippen LogP contribution in [0.2, 0.25) is 0 Å². The van der Waals surface area contributed by atoms with Crippen molar-refractivity contribution in [1.82, 2.24) is 16.4 Å². The Morgan fingerprint density at radius 3 is 1.52 bits per heavy atom. The van der Waals surface area contributed by atoms with Crippen molar-refractivity contribution in [2.45, 2.75) is 225 Å². The molecule has 1 aliphatic heterocycles. The lowest BCUT2D eigenvalue weighted by Crippen LogP contribution is -2.39. The number of ether oxygens (including phenoxy) is 2. The minimum atomic E-state index is -4.61. The van der Waals surface area contributed by atoms with E-state index in [1.165, 1.54) is 133 Å². The molecule has 0 saturated heterocycles. The highest BCUT2D eigenvalue weighted by Crippen LogP contribution is 2.43. The SMILES string of the molecule is CCCCCCCCCCCCCCCC(=O)OC[C@H](COP(=O)(O)OCCNC(=O)C1CCC(CN2C(=O)C=CC2=O)CC1)OC(=O)CCCCCCCCCCCCCCC.N. The lowest BCUT2D eigenvalue weighted by atomic mass is 9.81. The zero-order valence-electron chi connectivity index (χ0n) is 40.2. The molecule has 0 bridgehead atoms. The third kappa shape index (κ3) is 30.5. The normalized spacial score (nSPS) is 17.5. The van der Waals surface area contributed by atoms with Gasteiger partial charge in [-0.25, -0.2) is 4.57 Å². The Labute approximate surface area is 387 Å². The molecule has 14 nitrogen and oxygen atoms in total. The summed E-state index contributed by atoms with van der Waals surface area (Å²) >= 11 is 0. The Morgan fingerprint density at radius 2 is 1.06 bits per heavy atom. The van der Waals surface area contributed by atoms with E-state index in [0.29, 0.717) is 45.1 Å². The molecule has 1 unspecified atom stereocenters. The van der Waals surface area contributed by atoms with Crippen molar-refractivity contribution in [3.8, 4) is 0 Å². The van der Waals surface area contributed by atoms with Crippen molar-refractivity contribution >= 4 is 37.5 Å². The molecule has 372 valence electrons. The van der Waals surface area contributed by atoms with E-state index in [9.17, 15) is 33.4 Å². The summed E-state index contributed by atoms with van der Waals surface area (Å²) < 4.78 is 34.1. The average molecular weight is 928 g/mol. The van der Waals surface area contributed by atoms with E-state index in [4.69, 9.17) is 18.5 Å². The second kappa shape index (κ2) is 38.5. The fourth-order valence-corrected chi connectivity index (χ4v) is 9.12. The molecular formula is C49H90N3O11P. The molecule has 2 atom stereocenters. The number of hydrogen-bond donors (Lipinski definition) is 3. The minimum absolute atomic E-state index is 0. The van der Waals surface area contributed by atoms with Crippen molar-refractivity contribution in [1.29, 1.82) is 0 Å². The number of phosphoric ester groups is 1. The maximum absolute atomic E-state index is 12.8. The fraction of sp³-hybridized carbons (Fsp3) is 0.857. The number of hydrogen-bond acceptors (Lipinski definition) is 11. The second-order valence-electron chi connectivity index (χ2n) is 18.0. The first-order valence-electron chi connectivity index (χ1n) is 25.3. The number of amides is 3. The number of nitrogens with zero attached hydrogens (tertiary/aromatic N) is 1. The number of esters is 2. The van der Waals surface area contributed by atoms with Crippen LogP contribution in [0.4, 0.5) is 0 Å². The molecule has 1 aliphatic carbocycles. The third-order valence-corrected chi connectivity index (χ3v) is 13.3. The molecule has 0 aromatic rings. The number of carbonyl (C=O) groups is 5. The number of imide groups is 1. The van der Waals surface area contributed by atoms with Crippen LogP contribution in [0.25, 0.3) is 0 Å². The highest BCUT2D eigenvalue weighted by Gasteiger charge is 2.32. The van der Waals surface area contributed by atoms with Gasteiger partial charge in [0.25, 0.3) is 11.8 Å². The molecule has 1 fully saturated rings. The van der Waals surface area contributed by atoms with Crippen LogP contribution >= 0.6 is 7.82 Å². The molecule has 2 rings (SSSR count). The summed E-state index contributed by atoms with van der Waals surface area (Å²) in [6.45, 7) is 3.70. The van der Waals surface area contributed by atoms with Gasteiger partial charge in [0.2, 0.25) is 5.91 Å². The summed E-state index contributed by atoms with van der Waals surface area (Å²) in [4.78, 5) is 73.6. The van der Waals surface area contributed by atoms with E-state index in [2.05, 4.69) is 19.2 Å². The number of unbranched alkanes of at least 4 members (excludes halogenated alkanes) is 24. The smallest absolute Gasteiger partial charge is 0.462 e. The van der Waals surface area contributed by atoms with Gasteiger partial charge in [-0.05, 0) is 44.4 Å². The summed E-state index contributed by atoms with van der Waals surface area (Å²) in [6, 6.07) is 0. The van der Waals surface area contributed by atoms with E-state index in [0.717, 1.165) is 38.5 Å². The molecule has 0 radical (unpaired) electrons. The standard InChI is InChI=1S/C49H87N2O11P.H3N/c1-3-5-7-9-11-13-15-17-19-21-23-25-27-29-47(54)59-40-44(62-48(55)30-28-26-24-22-20-18-16-14-12-10-8-6-4-2)41-61-63(57,58)60-38-37-50-49(56)43-33-31-42(32-34-43)39-51-45(52)35-36-46(51)53;/h35-36,42-44H,3-34,37-41H2,1-2H3,(H,50,56)(H,57,58);1H3/t42?,43?,44-;/m1./s1. The molecule has 0 aromatic carbocycles. The van der Waals surface area contributed by atoms with Gasteiger partial charge >= 0.3 is 19.8 Å². The van der Waals surface area contributed by atoms with Crippen LogP contribution in [-0.4, -0.2) is 78.5 Å². The van der Waals surface area contributed by atoms with Crippen LogP contribution in [0.1, 0.15) is 219 Å². The third-order valence-electron chi connectivity index (χ3n) is 12.3. The van der Waals surface area contributed by atoms with Gasteiger partial charge in [0, 0.05) is 44.0 Å². The molecule has 64 heavy (non-hydrogen) atoms. The summed E-state index contributed by atoms with van der Waals surface area (Å²) in [5, 5.41) is 2.74. The van der Waals surface area contributed by atoms with Gasteiger partial charge in [0.15, 0.2) is 6.10 Å². The van der Waals surface area contributed by atoms with Gasteiger partial charge in [-0.15, -0.1) is 0 Å². The molecular weight excluding hydrogens is 838 g/mol. The molecule has 0 aromatic heterocycles. The van der Waals surface area contributed by atoms with E-state index in [1.54, 1.807) is 0 Å². The van der Waals surface area contributed by atoms with Gasteiger partial charge in [0.05, 0.1) is 13.2 Å². The van der Waals surface area contributed by atoms with Gasteiger partial charge < -0.3 is 25.8 Å². The largest absolute Gasteiger partial charge is 0.472 e. The van der Waals surface area contributed by atoms with Gasteiger partial charge in [-0.1, -0.05) is 168 Å². The first-order chi connectivity index (χ1) is 30.5. The zero-order chi connectivity index (χ0) is 45.8. The Morgan fingerprint density at radius 1 is 0.641 bits per heavy atom. The first-order valence-corrected chi connectivity index (χ1v) is 26.8. The van der Waals surface area contributed by atoms with Gasteiger partial charge in [-0.3, -0.25) is 37.9 Å². The number of nitrogens with one attached hydrogen (secondary N) is 1. The molecule has 1 heterocycles. The van der Waals surface area contributed by atoms with Crippen molar-refractivity contribution in [2.24, 2.45) is 11.8 Å². The van der Waals surface area contributed by atoms with Gasteiger partial charge in [0.1, 0.15) is 6.61 Å². The maximum Gasteiger partial charge on any atom is 0.472 e. The van der Waals surface area contributed by atoms with Crippen molar-refractivity contribution < 1.29 is 52.0 Å². The lowest BCUT2D eigenvalue weighted by molar-refractivity contribution is -0.161. The molecule has 1 saturated carbocycles. The topological polar surface area (TPSA) is 210 Å². The molecule has 3 amide bonds. The fourth-order valence-electron chi connectivity index (χ4n) is 8.36. The van der Waals surface area contributed by atoms with Crippen LogP contribution in [0.15, 0.2) is 12.2 Å². The van der Waals surface area contributed by atoms with Crippen molar-refractivity contribution in [3.05, 3.63) is 12.2 Å². The summed E-state index contributed by atoms with van der Waals surface area (Å²) in [5.41, 5.74) is 0. The second-order valence-corrected chi connectivity index (χ2v) is 19.5. The highest BCUT2D eigenvalue weighted by atomic mass is 31.2. The van der Waals surface area contributed by atoms with E-state index < -0.39 is 32.5 Å². The predicted molar refractivity (Wildman–Crippen MR) is 253 cm³/mol. The highest BCUT2D eigenvalue weighted by molar-refractivity contribution is 7.47. The van der Waals surface area contributed by atoms with E-state index in [1.807, 2.05) is 0 Å². The Kier molecular flexibility index (Phi) is 35.7. The molecule has 0 spiro atoms. The first kappa shape index (κ1) is 59.4. The van der Waals surface area contributed by atoms with Crippen LogP contribution in [0.3, 0.4) is 0 Å². The van der Waals surface area contributed by atoms with E-state index in [-0.39, 0.29) is 68.3 Å². The molecule has 15 heteroatoms. The molecule has 2 aliphatic rings. The number of phosphoric acid groups is 1. The average Bonchev–Trinajstić information content (AvgIpc) is 3.58. The minimum Gasteiger partial charge on any atom is -0.462 e. The summed E-state index contributed by atoms with van der Waals surface area (Å²) in [5.74, 6) is -1.82. The van der Waals surface area contributed by atoms with Crippen molar-refractivity contribution in [2.75, 3.05) is 32.9 Å². The van der Waals surface area contributed by atoms with E-state index >= 15 is 0 Å². The summed E-state index contributed by atoms with van der Waals surface area (Å²) in [6.07, 6.45) is 35.5. The summed E-state index contributed by atoms with van der Waals surface area (Å²) in [7, 11) is -4.61. The Hall–Kier alpha value is -2.64. The quantitative estimate of drug-likeness (QED) is 0.0226. The van der Waals surface area contributed by atoms with Crippen LogP contribution in [0.5, 0.6) is 0 Å². The van der Waals surface area contributed by atoms with Crippen LogP contribution in [0, 0.1) is 11.8 Å². The van der Waals surface area contributed by atoms with Crippen molar-refractivity contribution in [3.63, 3.8) is 0 Å². The molecule has 5 N–H and O–H groups in total. The Bertz CT molecular complexity index is 1320. The lowest BCUT2D eigenvalue weighted by Gasteiger charge is -2.30.